The summed E-state index contributed by atoms with van der Waals surface area (Å²) in [5, 5.41) is 3.24. The molecule has 3 N–H and O–H groups in total. The molecule has 20 heavy (non-hydrogen) atoms. The van der Waals surface area contributed by atoms with Crippen molar-refractivity contribution < 1.29 is 4.79 Å². The van der Waals surface area contributed by atoms with Crippen LogP contribution in [-0.2, 0) is 4.79 Å². The van der Waals surface area contributed by atoms with Crippen molar-refractivity contribution in [2.24, 2.45) is 23.5 Å². The predicted octanol–water partition coefficient (Wildman–Crippen LogP) is 1.84. The van der Waals surface area contributed by atoms with Gasteiger partial charge < -0.3 is 16.0 Å². The molecule has 0 aromatic carbocycles. The number of hydrogen-bond donors (Lipinski definition) is 2. The molecule has 0 aromatic rings. The Morgan fingerprint density at radius 1 is 1.35 bits per heavy atom. The number of rotatable bonds is 6. The third-order valence-corrected chi connectivity index (χ3v) is 4.19. The first kappa shape index (κ1) is 17.4. The zero-order valence-corrected chi connectivity index (χ0v) is 13.9. The first-order chi connectivity index (χ1) is 9.29. The highest BCUT2D eigenvalue weighted by molar-refractivity contribution is 5.79. The van der Waals surface area contributed by atoms with Crippen molar-refractivity contribution in [3.8, 4) is 0 Å². The summed E-state index contributed by atoms with van der Waals surface area (Å²) in [7, 11) is 4.10. The normalized spacial score (nSPS) is 28.7. The summed E-state index contributed by atoms with van der Waals surface area (Å²) in [6.07, 6.45) is 4.07. The van der Waals surface area contributed by atoms with E-state index >= 15 is 0 Å². The molecule has 0 heterocycles. The van der Waals surface area contributed by atoms with Gasteiger partial charge >= 0.3 is 0 Å². The summed E-state index contributed by atoms with van der Waals surface area (Å²) >= 11 is 0. The number of carbonyl (C=O) groups excluding carboxylic acids is 1. The second-order valence-corrected chi connectivity index (χ2v) is 7.29. The van der Waals surface area contributed by atoms with E-state index in [0.717, 1.165) is 32.2 Å². The molecule has 4 nitrogen and oxygen atoms in total. The minimum atomic E-state index is -0.00410. The van der Waals surface area contributed by atoms with E-state index in [1.165, 1.54) is 0 Å². The molecule has 1 aliphatic rings. The van der Waals surface area contributed by atoms with Crippen LogP contribution in [0.2, 0.25) is 0 Å². The van der Waals surface area contributed by atoms with Gasteiger partial charge in [-0.3, -0.25) is 4.79 Å². The van der Waals surface area contributed by atoms with E-state index in [-0.39, 0.29) is 23.9 Å². The van der Waals surface area contributed by atoms with E-state index in [2.05, 4.69) is 31.0 Å². The zero-order valence-electron chi connectivity index (χ0n) is 13.9. The smallest absolute Gasteiger partial charge is 0.224 e. The number of nitrogens with one attached hydrogen (secondary N) is 1. The molecule has 0 spiro atoms. The van der Waals surface area contributed by atoms with Crippen molar-refractivity contribution in [3.05, 3.63) is 0 Å². The number of hydrogen-bond acceptors (Lipinski definition) is 3. The largest absolute Gasteiger partial charge is 0.352 e. The Morgan fingerprint density at radius 2 is 2.00 bits per heavy atom. The van der Waals surface area contributed by atoms with Gasteiger partial charge in [-0.05, 0) is 51.6 Å². The Labute approximate surface area is 124 Å². The fourth-order valence-corrected chi connectivity index (χ4v) is 3.20. The van der Waals surface area contributed by atoms with Crippen LogP contribution >= 0.6 is 0 Å². The molecule has 0 bridgehead atoms. The van der Waals surface area contributed by atoms with E-state index in [9.17, 15) is 4.79 Å². The van der Waals surface area contributed by atoms with Crippen molar-refractivity contribution in [2.75, 3.05) is 20.6 Å². The SMILES string of the molecule is CC(C)CC(CN(C)C)NC(=O)C1CC(C)CCC1N. The van der Waals surface area contributed by atoms with Crippen molar-refractivity contribution in [2.45, 2.75) is 58.5 Å². The maximum Gasteiger partial charge on any atom is 0.224 e. The Balaban J connectivity index is 2.59. The first-order valence-electron chi connectivity index (χ1n) is 8.00. The van der Waals surface area contributed by atoms with Gasteiger partial charge in [0.15, 0.2) is 0 Å². The minimum Gasteiger partial charge on any atom is -0.352 e. The summed E-state index contributed by atoms with van der Waals surface area (Å²) in [5.41, 5.74) is 6.15. The fourth-order valence-electron chi connectivity index (χ4n) is 3.20. The number of nitrogens with two attached hydrogens (primary N) is 1. The summed E-state index contributed by atoms with van der Waals surface area (Å²) in [6.45, 7) is 7.51. The molecule has 1 amide bonds. The van der Waals surface area contributed by atoms with Crippen LogP contribution in [0.15, 0.2) is 0 Å². The topological polar surface area (TPSA) is 58.4 Å². The molecule has 0 aromatic heterocycles. The number of likely N-dealkylation sites (N-methyl/N-ethyl adjacent to an activating group) is 1. The first-order valence-corrected chi connectivity index (χ1v) is 8.00. The summed E-state index contributed by atoms with van der Waals surface area (Å²) in [5.74, 6) is 1.36. The van der Waals surface area contributed by atoms with Gasteiger partial charge in [-0.1, -0.05) is 20.8 Å². The van der Waals surface area contributed by atoms with Crippen LogP contribution in [0.4, 0.5) is 0 Å². The van der Waals surface area contributed by atoms with Crippen LogP contribution < -0.4 is 11.1 Å². The Hall–Kier alpha value is -0.610. The molecule has 1 fully saturated rings. The quantitative estimate of drug-likeness (QED) is 0.782. The second-order valence-electron chi connectivity index (χ2n) is 7.29. The van der Waals surface area contributed by atoms with Gasteiger partial charge in [-0.25, -0.2) is 0 Å². The maximum atomic E-state index is 12.5. The van der Waals surface area contributed by atoms with E-state index in [0.29, 0.717) is 11.8 Å². The monoisotopic (exact) mass is 283 g/mol. The molecule has 4 atom stereocenters. The highest BCUT2D eigenvalue weighted by Gasteiger charge is 2.32. The van der Waals surface area contributed by atoms with Crippen LogP contribution in [0, 0.1) is 17.8 Å². The van der Waals surface area contributed by atoms with Crippen LogP contribution in [-0.4, -0.2) is 43.5 Å². The van der Waals surface area contributed by atoms with Gasteiger partial charge in [0.25, 0.3) is 0 Å². The third-order valence-electron chi connectivity index (χ3n) is 4.19. The van der Waals surface area contributed by atoms with Gasteiger partial charge in [0.1, 0.15) is 0 Å². The van der Waals surface area contributed by atoms with Gasteiger partial charge in [-0.2, -0.15) is 0 Å². The van der Waals surface area contributed by atoms with Gasteiger partial charge in [0.2, 0.25) is 5.91 Å². The van der Waals surface area contributed by atoms with Crippen molar-refractivity contribution >= 4 is 5.91 Å². The molecule has 1 saturated carbocycles. The Kier molecular flexibility index (Phi) is 6.96. The third kappa shape index (κ3) is 5.80. The maximum absolute atomic E-state index is 12.5. The van der Waals surface area contributed by atoms with Crippen LogP contribution in [0.5, 0.6) is 0 Å². The van der Waals surface area contributed by atoms with E-state index in [1.54, 1.807) is 0 Å². The van der Waals surface area contributed by atoms with E-state index in [1.807, 2.05) is 14.1 Å². The molecular formula is C16H33N3O. The average molecular weight is 283 g/mol. The van der Waals surface area contributed by atoms with Gasteiger partial charge in [0, 0.05) is 18.6 Å². The lowest BCUT2D eigenvalue weighted by atomic mass is 9.78. The lowest BCUT2D eigenvalue weighted by molar-refractivity contribution is -0.127. The lowest BCUT2D eigenvalue weighted by Gasteiger charge is -2.33. The molecule has 118 valence electrons. The van der Waals surface area contributed by atoms with Crippen LogP contribution in [0.3, 0.4) is 0 Å². The Morgan fingerprint density at radius 3 is 2.55 bits per heavy atom. The van der Waals surface area contributed by atoms with E-state index < -0.39 is 0 Å². The predicted molar refractivity (Wildman–Crippen MR) is 84.4 cm³/mol. The molecule has 4 unspecified atom stereocenters. The number of amides is 1. The lowest BCUT2D eigenvalue weighted by Crippen LogP contribution is -2.50. The van der Waals surface area contributed by atoms with E-state index in [4.69, 9.17) is 5.73 Å². The molecule has 1 aliphatic carbocycles. The molecular weight excluding hydrogens is 250 g/mol. The second kappa shape index (κ2) is 7.99. The van der Waals surface area contributed by atoms with Crippen molar-refractivity contribution in [3.63, 3.8) is 0 Å². The molecule has 0 aliphatic heterocycles. The number of carbonyl (C=O) groups is 1. The fraction of sp³-hybridized carbons (Fsp3) is 0.938. The summed E-state index contributed by atoms with van der Waals surface area (Å²) < 4.78 is 0. The van der Waals surface area contributed by atoms with Crippen molar-refractivity contribution in [1.82, 2.24) is 10.2 Å². The Bertz CT molecular complexity index is 294. The minimum absolute atomic E-state index is 0.00410. The zero-order chi connectivity index (χ0) is 15.3. The number of nitrogens with zero attached hydrogens (tertiary/aromatic N) is 1. The highest BCUT2D eigenvalue weighted by Crippen LogP contribution is 2.28. The summed E-state index contributed by atoms with van der Waals surface area (Å²) in [4.78, 5) is 14.7. The van der Waals surface area contributed by atoms with Crippen molar-refractivity contribution in [1.29, 1.82) is 0 Å². The summed E-state index contributed by atoms with van der Waals surface area (Å²) in [6, 6.07) is 0.257. The molecule has 0 radical (unpaired) electrons. The average Bonchev–Trinajstić information content (AvgIpc) is 2.30. The standard InChI is InChI=1S/C16H33N3O/c1-11(2)8-13(10-19(4)5)18-16(20)14-9-12(3)6-7-15(14)17/h11-15H,6-10,17H2,1-5H3,(H,18,20). The van der Waals surface area contributed by atoms with Gasteiger partial charge in [-0.15, -0.1) is 0 Å². The van der Waals surface area contributed by atoms with Crippen LogP contribution in [0.25, 0.3) is 0 Å². The molecule has 0 saturated heterocycles. The highest BCUT2D eigenvalue weighted by atomic mass is 16.2. The van der Waals surface area contributed by atoms with Gasteiger partial charge in [0.05, 0.1) is 5.92 Å². The molecule has 1 rings (SSSR count). The van der Waals surface area contributed by atoms with Crippen LogP contribution in [0.1, 0.15) is 46.5 Å². The molecule has 4 heteroatoms.